The van der Waals surface area contributed by atoms with Crippen LogP contribution in [0.15, 0.2) is 0 Å². The predicted molar refractivity (Wildman–Crippen MR) is 135 cm³/mol. The van der Waals surface area contributed by atoms with Gasteiger partial charge in [-0.05, 0) is 17.9 Å². The van der Waals surface area contributed by atoms with Crippen molar-refractivity contribution in [3.8, 4) is 0 Å². The summed E-state index contributed by atoms with van der Waals surface area (Å²) in [5.41, 5.74) is 0. The first kappa shape index (κ1) is 25.1. The van der Waals surface area contributed by atoms with Gasteiger partial charge in [-0.25, -0.2) is 0 Å². The van der Waals surface area contributed by atoms with Crippen molar-refractivity contribution in [3.63, 3.8) is 0 Å². The lowest BCUT2D eigenvalue weighted by atomic mass is 10.2. The Morgan fingerprint density at radius 3 is 1.95 bits per heavy atom. The highest BCUT2D eigenvalue weighted by atomic mass is 32.2. The molecular weight excluding hydrogens is 445 g/mol. The second-order valence-corrected chi connectivity index (χ2v) is 11.6. The Labute approximate surface area is 182 Å². The number of rotatable bonds is 15. The molecule has 0 saturated heterocycles. The average molecular weight is 473 g/mol. The molecule has 0 spiro atoms. The normalized spacial score (nSPS) is 17.2. The third kappa shape index (κ3) is 13.4. The third-order valence-corrected chi connectivity index (χ3v) is 10.7. The molecule has 4 atom stereocenters. The summed E-state index contributed by atoms with van der Waals surface area (Å²) in [5.74, 6) is 8.01. The summed E-state index contributed by atoms with van der Waals surface area (Å²) in [6.45, 7) is 0. The van der Waals surface area contributed by atoms with Gasteiger partial charge in [0.1, 0.15) is 0 Å². The van der Waals surface area contributed by atoms with E-state index in [9.17, 15) is 0 Å². The van der Waals surface area contributed by atoms with Crippen LogP contribution in [0, 0.1) is 0 Å². The maximum Gasteiger partial charge on any atom is 0.0252 e. The highest BCUT2D eigenvalue weighted by Gasteiger charge is 2.20. The van der Waals surface area contributed by atoms with E-state index < -0.39 is 0 Å². The lowest BCUT2D eigenvalue weighted by Crippen LogP contribution is -2.25. The van der Waals surface area contributed by atoms with Crippen molar-refractivity contribution in [3.05, 3.63) is 0 Å². The third-order valence-electron chi connectivity index (χ3n) is 2.81. The van der Waals surface area contributed by atoms with Gasteiger partial charge in [0.25, 0.3) is 0 Å². The van der Waals surface area contributed by atoms with Gasteiger partial charge < -0.3 is 0 Å². The van der Waals surface area contributed by atoms with Gasteiger partial charge in [-0.15, -0.1) is 0 Å². The number of hydrogen-bond donors (Lipinski definition) is 6. The van der Waals surface area contributed by atoms with Crippen molar-refractivity contribution in [2.45, 2.75) is 27.4 Å². The number of thiol groups is 6. The largest absolute Gasteiger partial charge is 0.179 e. The molecule has 22 heavy (non-hydrogen) atoms. The maximum absolute atomic E-state index is 4.77. The van der Waals surface area contributed by atoms with Crippen molar-refractivity contribution in [2.75, 3.05) is 46.0 Å². The van der Waals surface area contributed by atoms with E-state index in [2.05, 4.69) is 50.5 Å². The second-order valence-electron chi connectivity index (χ2n) is 4.71. The first-order chi connectivity index (χ1) is 10.6. The fraction of sp³-hybridized carbons (Fsp3) is 1.00. The van der Waals surface area contributed by atoms with Gasteiger partial charge in [-0.3, -0.25) is 0 Å². The molecular formula is C13H28S9. The summed E-state index contributed by atoms with van der Waals surface area (Å²) < 4.78 is 0. The lowest BCUT2D eigenvalue weighted by Gasteiger charge is -2.23. The Morgan fingerprint density at radius 2 is 1.41 bits per heavy atom. The minimum absolute atomic E-state index is 0.352. The summed E-state index contributed by atoms with van der Waals surface area (Å²) in [6.07, 6.45) is 1.03. The Morgan fingerprint density at radius 1 is 0.773 bits per heavy atom. The van der Waals surface area contributed by atoms with E-state index in [1.165, 1.54) is 0 Å². The second kappa shape index (κ2) is 17.6. The summed E-state index contributed by atoms with van der Waals surface area (Å²) in [5, 5.41) is 1.84. The predicted octanol–water partition coefficient (Wildman–Crippen LogP) is 4.63. The molecule has 0 radical (unpaired) electrons. The molecule has 0 saturated carbocycles. The fourth-order valence-electron chi connectivity index (χ4n) is 1.70. The van der Waals surface area contributed by atoms with E-state index in [-0.39, 0.29) is 0 Å². The monoisotopic (exact) mass is 472 g/mol. The van der Waals surface area contributed by atoms with Gasteiger partial charge in [0.2, 0.25) is 0 Å². The van der Waals surface area contributed by atoms with Crippen LogP contribution in [0.1, 0.15) is 6.42 Å². The first-order valence-corrected chi connectivity index (χ1v) is 14.0. The van der Waals surface area contributed by atoms with Crippen LogP contribution in [0.25, 0.3) is 0 Å². The Hall–Kier alpha value is 3.15. The maximum atomic E-state index is 4.77. The molecule has 0 aliphatic rings. The SMILES string of the molecule is SCCSC(CS)CSCC(S)CC(S)C(CS)SCCS. The van der Waals surface area contributed by atoms with Gasteiger partial charge in [0.15, 0.2) is 0 Å². The van der Waals surface area contributed by atoms with Crippen molar-refractivity contribution in [1.29, 1.82) is 0 Å². The van der Waals surface area contributed by atoms with Gasteiger partial charge in [-0.1, -0.05) is 0 Å². The van der Waals surface area contributed by atoms with Crippen LogP contribution in [0.2, 0.25) is 0 Å². The average Bonchev–Trinajstić information content (AvgIpc) is 2.51. The van der Waals surface area contributed by atoms with E-state index in [4.69, 9.17) is 25.3 Å². The van der Waals surface area contributed by atoms with E-state index >= 15 is 0 Å². The van der Waals surface area contributed by atoms with E-state index in [0.717, 1.165) is 52.4 Å². The molecule has 0 aliphatic carbocycles. The summed E-state index contributed by atoms with van der Waals surface area (Å²) in [7, 11) is 0. The van der Waals surface area contributed by atoms with Crippen LogP contribution in [-0.4, -0.2) is 67.0 Å². The smallest absolute Gasteiger partial charge is 0.0252 e. The number of thioether (sulfide) groups is 3. The highest BCUT2D eigenvalue weighted by Crippen LogP contribution is 2.27. The molecule has 0 aromatic carbocycles. The van der Waals surface area contributed by atoms with Crippen LogP contribution in [0.4, 0.5) is 0 Å². The number of hydrogen-bond acceptors (Lipinski definition) is 9. The molecule has 0 amide bonds. The molecule has 0 N–H and O–H groups in total. The molecule has 0 nitrogen and oxygen atoms in total. The molecule has 9 heteroatoms. The molecule has 134 valence electrons. The van der Waals surface area contributed by atoms with Crippen molar-refractivity contribution < 1.29 is 0 Å². The Balaban J connectivity index is 3.92. The van der Waals surface area contributed by atoms with Crippen LogP contribution < -0.4 is 0 Å². The summed E-state index contributed by atoms with van der Waals surface area (Å²) >= 11 is 32.8. The molecule has 0 fully saturated rings. The summed E-state index contributed by atoms with van der Waals surface area (Å²) in [6, 6.07) is 0. The molecule has 0 rings (SSSR count). The quantitative estimate of drug-likeness (QED) is 0.192. The van der Waals surface area contributed by atoms with Crippen molar-refractivity contribution in [1.82, 2.24) is 0 Å². The highest BCUT2D eigenvalue weighted by molar-refractivity contribution is 8.04. The first-order valence-electron chi connectivity index (χ1n) is 7.19. The Kier molecular flexibility index (Phi) is 20.1. The van der Waals surface area contributed by atoms with Gasteiger partial charge >= 0.3 is 0 Å². The minimum atomic E-state index is 0.352. The zero-order valence-electron chi connectivity index (χ0n) is 12.6. The molecule has 0 aliphatic heterocycles. The van der Waals surface area contributed by atoms with E-state index in [1.807, 2.05) is 35.3 Å². The molecule has 0 heterocycles. The van der Waals surface area contributed by atoms with Gasteiger partial charge in [-0.2, -0.15) is 111 Å². The topological polar surface area (TPSA) is 0 Å². The zero-order valence-corrected chi connectivity index (χ0v) is 20.4. The Bertz CT molecular complexity index is 242. The molecule has 4 unspecified atom stereocenters. The fourth-order valence-corrected chi connectivity index (χ4v) is 8.00. The van der Waals surface area contributed by atoms with Gasteiger partial charge in [0.05, 0.1) is 0 Å². The van der Waals surface area contributed by atoms with E-state index in [0.29, 0.717) is 21.0 Å². The zero-order chi connectivity index (χ0) is 16.8. The molecule has 0 aromatic heterocycles. The van der Waals surface area contributed by atoms with Crippen molar-refractivity contribution >= 4 is 111 Å². The lowest BCUT2D eigenvalue weighted by molar-refractivity contribution is 0.759. The standard InChI is InChI=1S/C13H28S9/c14-1-3-21-11(6-16)9-20-8-10(18)5-12(19)13(7-17)22-4-2-15/h10-19H,1-9H2. The van der Waals surface area contributed by atoms with Crippen LogP contribution >= 0.6 is 111 Å². The van der Waals surface area contributed by atoms with Crippen LogP contribution in [0.5, 0.6) is 0 Å². The van der Waals surface area contributed by atoms with Crippen LogP contribution in [0.3, 0.4) is 0 Å². The molecule has 0 bridgehead atoms. The minimum Gasteiger partial charge on any atom is -0.179 e. The van der Waals surface area contributed by atoms with Gasteiger partial charge in [0, 0.05) is 55.5 Å². The molecule has 0 aromatic rings. The van der Waals surface area contributed by atoms with E-state index in [1.54, 1.807) is 0 Å². The van der Waals surface area contributed by atoms with Crippen LogP contribution in [-0.2, 0) is 0 Å². The summed E-state index contributed by atoms with van der Waals surface area (Å²) in [4.78, 5) is 0. The van der Waals surface area contributed by atoms with Crippen molar-refractivity contribution in [2.24, 2.45) is 0 Å².